The number of aromatic nitrogens is 2. The van der Waals surface area contributed by atoms with Crippen molar-refractivity contribution >= 4 is 27.4 Å². The summed E-state index contributed by atoms with van der Waals surface area (Å²) in [6.07, 6.45) is 5.61. The summed E-state index contributed by atoms with van der Waals surface area (Å²) in [7, 11) is 0. The number of piperidine rings is 2. The average molecular weight is 274 g/mol. The summed E-state index contributed by atoms with van der Waals surface area (Å²) in [6.45, 7) is 3.44. The van der Waals surface area contributed by atoms with E-state index in [9.17, 15) is 0 Å². The number of hydrogen-bond donors (Lipinski definition) is 1. The lowest BCUT2D eigenvalue weighted by molar-refractivity contribution is 0.244. The molecular formula is C14H18N4S. The van der Waals surface area contributed by atoms with Gasteiger partial charge in [-0.05, 0) is 43.2 Å². The Balaban J connectivity index is 1.64. The zero-order valence-corrected chi connectivity index (χ0v) is 11.7. The van der Waals surface area contributed by atoms with Crippen LogP contribution in [-0.4, -0.2) is 35.6 Å². The highest BCUT2D eigenvalue weighted by Gasteiger charge is 2.31. The van der Waals surface area contributed by atoms with Crippen LogP contribution in [0.1, 0.15) is 19.3 Å². The van der Waals surface area contributed by atoms with E-state index in [0.29, 0.717) is 0 Å². The highest BCUT2D eigenvalue weighted by molar-refractivity contribution is 7.16. The third-order valence-corrected chi connectivity index (χ3v) is 5.25. The summed E-state index contributed by atoms with van der Waals surface area (Å²) in [5.41, 5.74) is 0. The van der Waals surface area contributed by atoms with E-state index in [1.165, 1.54) is 31.2 Å². The SMILES string of the molecule is c1nc(N2CCC3NCCCC3C2)c2ccsc2n1. The summed E-state index contributed by atoms with van der Waals surface area (Å²) in [4.78, 5) is 12.5. The van der Waals surface area contributed by atoms with Crippen LogP contribution in [0.15, 0.2) is 17.8 Å². The molecule has 2 unspecified atom stereocenters. The minimum absolute atomic E-state index is 0.727. The van der Waals surface area contributed by atoms with Gasteiger partial charge in [-0.3, -0.25) is 0 Å². The van der Waals surface area contributed by atoms with Crippen LogP contribution in [0, 0.1) is 5.92 Å². The number of thiophene rings is 1. The molecule has 0 spiro atoms. The van der Waals surface area contributed by atoms with Crippen molar-refractivity contribution in [2.45, 2.75) is 25.3 Å². The Morgan fingerprint density at radius 3 is 3.32 bits per heavy atom. The molecule has 5 heteroatoms. The van der Waals surface area contributed by atoms with E-state index in [1.807, 2.05) is 0 Å². The molecule has 1 N–H and O–H groups in total. The van der Waals surface area contributed by atoms with E-state index < -0.39 is 0 Å². The predicted octanol–water partition coefficient (Wildman–Crippen LogP) is 2.27. The van der Waals surface area contributed by atoms with Crippen molar-refractivity contribution in [2.75, 3.05) is 24.5 Å². The van der Waals surface area contributed by atoms with E-state index in [4.69, 9.17) is 0 Å². The number of fused-ring (bicyclic) bond motifs is 2. The van der Waals surface area contributed by atoms with E-state index in [0.717, 1.165) is 35.7 Å². The van der Waals surface area contributed by atoms with E-state index in [-0.39, 0.29) is 0 Å². The molecule has 0 aromatic carbocycles. The maximum absolute atomic E-state index is 4.54. The van der Waals surface area contributed by atoms with Gasteiger partial charge in [0.1, 0.15) is 17.0 Å². The molecule has 0 bridgehead atoms. The van der Waals surface area contributed by atoms with Crippen LogP contribution < -0.4 is 10.2 Å². The normalized spacial score (nSPS) is 27.5. The number of nitrogens with one attached hydrogen (secondary N) is 1. The van der Waals surface area contributed by atoms with Crippen LogP contribution in [0.4, 0.5) is 5.82 Å². The Bertz CT molecular complexity index is 582. The summed E-state index contributed by atoms with van der Waals surface area (Å²) in [6, 6.07) is 2.88. The van der Waals surface area contributed by atoms with Gasteiger partial charge in [0.2, 0.25) is 0 Å². The number of anilines is 1. The second-order valence-corrected chi connectivity index (χ2v) is 6.43. The van der Waals surface area contributed by atoms with E-state index >= 15 is 0 Å². The first-order chi connectivity index (χ1) is 9.42. The second kappa shape index (κ2) is 4.72. The van der Waals surface area contributed by atoms with Gasteiger partial charge in [-0.1, -0.05) is 0 Å². The molecule has 4 nitrogen and oxygen atoms in total. The quantitative estimate of drug-likeness (QED) is 0.866. The average Bonchev–Trinajstić information content (AvgIpc) is 2.95. The first-order valence-electron chi connectivity index (χ1n) is 7.08. The lowest BCUT2D eigenvalue weighted by Crippen LogP contribution is -2.52. The fourth-order valence-corrected chi connectivity index (χ4v) is 4.19. The zero-order valence-electron chi connectivity index (χ0n) is 10.9. The third kappa shape index (κ3) is 2.01. The largest absolute Gasteiger partial charge is 0.356 e. The highest BCUT2D eigenvalue weighted by Crippen LogP contribution is 2.32. The fourth-order valence-electron chi connectivity index (χ4n) is 3.47. The molecule has 4 heterocycles. The van der Waals surface area contributed by atoms with Crippen LogP contribution in [0.2, 0.25) is 0 Å². The smallest absolute Gasteiger partial charge is 0.140 e. The molecule has 2 aliphatic heterocycles. The van der Waals surface area contributed by atoms with Crippen molar-refractivity contribution in [3.05, 3.63) is 17.8 Å². The molecule has 2 aromatic heterocycles. The second-order valence-electron chi connectivity index (χ2n) is 5.53. The van der Waals surface area contributed by atoms with Crippen LogP contribution >= 0.6 is 11.3 Å². The molecular weight excluding hydrogens is 256 g/mol. The van der Waals surface area contributed by atoms with Gasteiger partial charge < -0.3 is 10.2 Å². The summed E-state index contributed by atoms with van der Waals surface area (Å²) in [5, 5.41) is 6.99. The van der Waals surface area contributed by atoms with Gasteiger partial charge >= 0.3 is 0 Å². The number of rotatable bonds is 1. The van der Waals surface area contributed by atoms with Crippen molar-refractivity contribution in [2.24, 2.45) is 5.92 Å². The third-order valence-electron chi connectivity index (χ3n) is 4.43. The standard InChI is InChI=1S/C14H18N4S/c1-2-10-8-18(6-3-12(10)15-5-1)13-11-4-7-19-14(11)17-9-16-13/h4,7,9-10,12,15H,1-3,5-6,8H2. The Hall–Kier alpha value is -1.20. The maximum atomic E-state index is 4.54. The Morgan fingerprint density at radius 1 is 1.32 bits per heavy atom. The molecule has 100 valence electrons. The van der Waals surface area contributed by atoms with E-state index in [2.05, 4.69) is 31.6 Å². The Morgan fingerprint density at radius 2 is 2.32 bits per heavy atom. The van der Waals surface area contributed by atoms with Gasteiger partial charge in [-0.2, -0.15) is 0 Å². The Kier molecular flexibility index (Phi) is 2.89. The molecule has 0 radical (unpaired) electrons. The molecule has 2 saturated heterocycles. The van der Waals surface area contributed by atoms with Crippen molar-refractivity contribution in [1.29, 1.82) is 0 Å². The Labute approximate surface area is 116 Å². The molecule has 2 fully saturated rings. The monoisotopic (exact) mass is 274 g/mol. The van der Waals surface area contributed by atoms with Crippen LogP contribution in [0.3, 0.4) is 0 Å². The molecule has 0 aliphatic carbocycles. The number of hydrogen-bond acceptors (Lipinski definition) is 5. The molecule has 2 aromatic rings. The summed E-state index contributed by atoms with van der Waals surface area (Å²) >= 11 is 1.70. The van der Waals surface area contributed by atoms with Crippen molar-refractivity contribution < 1.29 is 0 Å². The molecule has 2 aliphatic rings. The van der Waals surface area contributed by atoms with Crippen molar-refractivity contribution in [1.82, 2.24) is 15.3 Å². The van der Waals surface area contributed by atoms with Crippen molar-refractivity contribution in [3.8, 4) is 0 Å². The summed E-state index contributed by atoms with van der Waals surface area (Å²) in [5.74, 6) is 1.92. The van der Waals surface area contributed by atoms with Gasteiger partial charge in [0, 0.05) is 19.1 Å². The lowest BCUT2D eigenvalue weighted by Gasteiger charge is -2.42. The lowest BCUT2D eigenvalue weighted by atomic mass is 9.85. The highest BCUT2D eigenvalue weighted by atomic mass is 32.1. The predicted molar refractivity (Wildman–Crippen MR) is 78.8 cm³/mol. The summed E-state index contributed by atoms with van der Waals surface area (Å²) < 4.78 is 0. The molecule has 2 atom stereocenters. The maximum Gasteiger partial charge on any atom is 0.140 e. The minimum Gasteiger partial charge on any atom is -0.356 e. The molecule has 4 rings (SSSR count). The van der Waals surface area contributed by atoms with Gasteiger partial charge in [0.05, 0.1) is 5.39 Å². The van der Waals surface area contributed by atoms with Crippen molar-refractivity contribution in [3.63, 3.8) is 0 Å². The van der Waals surface area contributed by atoms with Crippen LogP contribution in [-0.2, 0) is 0 Å². The van der Waals surface area contributed by atoms with Crippen LogP contribution in [0.25, 0.3) is 10.2 Å². The number of nitrogens with zero attached hydrogens (tertiary/aromatic N) is 3. The first-order valence-corrected chi connectivity index (χ1v) is 7.96. The molecule has 0 amide bonds. The van der Waals surface area contributed by atoms with Gasteiger partial charge in [-0.25, -0.2) is 9.97 Å². The van der Waals surface area contributed by atoms with Crippen LogP contribution in [0.5, 0.6) is 0 Å². The fraction of sp³-hybridized carbons (Fsp3) is 0.571. The van der Waals surface area contributed by atoms with Gasteiger partial charge in [-0.15, -0.1) is 11.3 Å². The minimum atomic E-state index is 0.727. The van der Waals surface area contributed by atoms with Gasteiger partial charge in [0.15, 0.2) is 0 Å². The first kappa shape index (κ1) is 11.6. The van der Waals surface area contributed by atoms with E-state index in [1.54, 1.807) is 17.7 Å². The topological polar surface area (TPSA) is 41.1 Å². The zero-order chi connectivity index (χ0) is 12.7. The molecule has 0 saturated carbocycles. The van der Waals surface area contributed by atoms with Gasteiger partial charge in [0.25, 0.3) is 0 Å². The molecule has 19 heavy (non-hydrogen) atoms.